The first-order valence-corrected chi connectivity index (χ1v) is 6.54. The summed E-state index contributed by atoms with van der Waals surface area (Å²) in [5, 5.41) is 0.714. The predicted octanol–water partition coefficient (Wildman–Crippen LogP) is 2.91. The summed E-state index contributed by atoms with van der Waals surface area (Å²) in [5.74, 6) is 0.880. The Kier molecular flexibility index (Phi) is 4.22. The van der Waals surface area contributed by atoms with Crippen molar-refractivity contribution >= 4 is 23.1 Å². The highest BCUT2D eigenvalue weighted by Crippen LogP contribution is 2.22. The standard InChI is InChI=1S/C14H17ClN4/c1-3-12-7-14(18-9-17-12)19(2)8-10-6-11(16)4-5-13(10)15/h4-7,9H,3,8,16H2,1-2H3. The minimum atomic E-state index is 0.657. The zero-order valence-corrected chi connectivity index (χ0v) is 11.9. The van der Waals surface area contributed by atoms with E-state index in [-0.39, 0.29) is 0 Å². The molecule has 2 N–H and O–H groups in total. The van der Waals surface area contributed by atoms with Crippen molar-refractivity contribution in [3.8, 4) is 0 Å². The van der Waals surface area contributed by atoms with E-state index in [0.29, 0.717) is 17.3 Å². The smallest absolute Gasteiger partial charge is 0.132 e. The Bertz CT molecular complexity index is 571. The fraction of sp³-hybridized carbons (Fsp3) is 0.286. The maximum atomic E-state index is 6.17. The van der Waals surface area contributed by atoms with Crippen LogP contribution in [0.5, 0.6) is 0 Å². The van der Waals surface area contributed by atoms with Gasteiger partial charge in [0.1, 0.15) is 12.1 Å². The number of aromatic nitrogens is 2. The van der Waals surface area contributed by atoms with Gasteiger partial charge in [0.15, 0.2) is 0 Å². The largest absolute Gasteiger partial charge is 0.399 e. The van der Waals surface area contributed by atoms with Crippen molar-refractivity contribution in [1.82, 2.24) is 9.97 Å². The van der Waals surface area contributed by atoms with Gasteiger partial charge in [0.25, 0.3) is 0 Å². The predicted molar refractivity (Wildman–Crippen MR) is 79.4 cm³/mol. The number of nitrogens with two attached hydrogens (primary N) is 1. The Balaban J connectivity index is 2.20. The van der Waals surface area contributed by atoms with E-state index in [2.05, 4.69) is 16.9 Å². The fourth-order valence-corrected chi connectivity index (χ4v) is 2.02. The molecule has 100 valence electrons. The first-order valence-electron chi connectivity index (χ1n) is 6.16. The van der Waals surface area contributed by atoms with Crippen LogP contribution >= 0.6 is 11.6 Å². The van der Waals surface area contributed by atoms with E-state index < -0.39 is 0 Å². The van der Waals surface area contributed by atoms with Gasteiger partial charge in [0.2, 0.25) is 0 Å². The van der Waals surface area contributed by atoms with Gasteiger partial charge in [-0.2, -0.15) is 0 Å². The van der Waals surface area contributed by atoms with Gasteiger partial charge in [0, 0.05) is 36.1 Å². The molecule has 0 spiro atoms. The molecule has 0 radical (unpaired) electrons. The average molecular weight is 277 g/mol. The number of anilines is 2. The van der Waals surface area contributed by atoms with Crippen molar-refractivity contribution < 1.29 is 0 Å². The van der Waals surface area contributed by atoms with Crippen LogP contribution in [0.4, 0.5) is 11.5 Å². The average Bonchev–Trinajstić information content (AvgIpc) is 2.43. The van der Waals surface area contributed by atoms with Crippen LogP contribution in [0.1, 0.15) is 18.2 Å². The maximum absolute atomic E-state index is 6.17. The van der Waals surface area contributed by atoms with Crippen LogP contribution in [0.25, 0.3) is 0 Å². The maximum Gasteiger partial charge on any atom is 0.132 e. The van der Waals surface area contributed by atoms with E-state index in [1.165, 1.54) is 0 Å². The lowest BCUT2D eigenvalue weighted by atomic mass is 10.2. The van der Waals surface area contributed by atoms with Crippen molar-refractivity contribution in [2.24, 2.45) is 0 Å². The number of nitrogen functional groups attached to an aromatic ring is 1. The molecule has 0 aliphatic heterocycles. The molecule has 2 aromatic rings. The molecule has 1 aromatic carbocycles. The van der Waals surface area contributed by atoms with Gasteiger partial charge in [-0.05, 0) is 30.2 Å². The summed E-state index contributed by atoms with van der Waals surface area (Å²) in [6.07, 6.45) is 2.48. The molecule has 0 amide bonds. The van der Waals surface area contributed by atoms with Crippen molar-refractivity contribution in [1.29, 1.82) is 0 Å². The zero-order chi connectivity index (χ0) is 13.8. The monoisotopic (exact) mass is 276 g/mol. The van der Waals surface area contributed by atoms with Crippen LogP contribution in [-0.4, -0.2) is 17.0 Å². The molecule has 4 nitrogen and oxygen atoms in total. The second-order valence-corrected chi connectivity index (χ2v) is 4.84. The molecule has 1 aromatic heterocycles. The summed E-state index contributed by atoms with van der Waals surface area (Å²) in [7, 11) is 1.97. The van der Waals surface area contributed by atoms with Crippen molar-refractivity contribution in [3.05, 3.63) is 46.9 Å². The van der Waals surface area contributed by atoms with Crippen molar-refractivity contribution in [2.45, 2.75) is 19.9 Å². The molecule has 2 rings (SSSR count). The number of hydrogen-bond acceptors (Lipinski definition) is 4. The summed E-state index contributed by atoms with van der Waals surface area (Å²) in [4.78, 5) is 10.5. The van der Waals surface area contributed by atoms with E-state index in [0.717, 1.165) is 23.5 Å². The van der Waals surface area contributed by atoms with Crippen LogP contribution in [-0.2, 0) is 13.0 Å². The third-order valence-electron chi connectivity index (χ3n) is 2.94. The molecule has 0 aliphatic rings. The molecular weight excluding hydrogens is 260 g/mol. The SMILES string of the molecule is CCc1cc(N(C)Cc2cc(N)ccc2Cl)ncn1. The van der Waals surface area contributed by atoms with E-state index in [1.54, 1.807) is 12.4 Å². The van der Waals surface area contributed by atoms with Gasteiger partial charge in [-0.1, -0.05) is 18.5 Å². The Hall–Kier alpha value is -1.81. The number of rotatable bonds is 4. The molecule has 0 fully saturated rings. The Morgan fingerprint density at radius 3 is 2.79 bits per heavy atom. The minimum absolute atomic E-state index is 0.657. The first kappa shape index (κ1) is 13.6. The fourth-order valence-electron chi connectivity index (χ4n) is 1.84. The third-order valence-corrected chi connectivity index (χ3v) is 3.31. The van der Waals surface area contributed by atoms with E-state index in [4.69, 9.17) is 17.3 Å². The summed E-state index contributed by atoms with van der Waals surface area (Å²) in [5.41, 5.74) is 8.51. The van der Waals surface area contributed by atoms with Gasteiger partial charge in [-0.25, -0.2) is 9.97 Å². The van der Waals surface area contributed by atoms with Gasteiger partial charge in [0.05, 0.1) is 0 Å². The van der Waals surface area contributed by atoms with Gasteiger partial charge >= 0.3 is 0 Å². The topological polar surface area (TPSA) is 55.0 Å². The van der Waals surface area contributed by atoms with Crippen molar-refractivity contribution in [2.75, 3.05) is 17.7 Å². The van der Waals surface area contributed by atoms with Crippen LogP contribution < -0.4 is 10.6 Å². The highest BCUT2D eigenvalue weighted by Gasteiger charge is 2.08. The summed E-state index contributed by atoms with van der Waals surface area (Å²) in [6, 6.07) is 7.49. The molecule has 0 saturated carbocycles. The van der Waals surface area contributed by atoms with E-state index >= 15 is 0 Å². The van der Waals surface area contributed by atoms with Crippen molar-refractivity contribution in [3.63, 3.8) is 0 Å². The molecule has 0 bridgehead atoms. The number of hydrogen-bond donors (Lipinski definition) is 1. The highest BCUT2D eigenvalue weighted by molar-refractivity contribution is 6.31. The Morgan fingerprint density at radius 1 is 1.26 bits per heavy atom. The van der Waals surface area contributed by atoms with Gasteiger partial charge < -0.3 is 10.6 Å². The second kappa shape index (κ2) is 5.89. The second-order valence-electron chi connectivity index (χ2n) is 4.43. The summed E-state index contributed by atoms with van der Waals surface area (Å²) < 4.78 is 0. The molecule has 0 saturated heterocycles. The third kappa shape index (κ3) is 3.35. The molecule has 19 heavy (non-hydrogen) atoms. The lowest BCUT2D eigenvalue weighted by molar-refractivity contribution is 0.878. The van der Waals surface area contributed by atoms with Crippen LogP contribution in [0, 0.1) is 0 Å². The molecule has 5 heteroatoms. The van der Waals surface area contributed by atoms with E-state index in [1.807, 2.05) is 30.1 Å². The van der Waals surface area contributed by atoms with Crippen LogP contribution in [0.2, 0.25) is 5.02 Å². The summed E-state index contributed by atoms with van der Waals surface area (Å²) >= 11 is 6.17. The number of halogens is 1. The summed E-state index contributed by atoms with van der Waals surface area (Å²) in [6.45, 7) is 2.73. The lowest BCUT2D eigenvalue weighted by Gasteiger charge is -2.19. The number of benzene rings is 1. The molecule has 1 heterocycles. The zero-order valence-electron chi connectivity index (χ0n) is 11.1. The Morgan fingerprint density at radius 2 is 2.05 bits per heavy atom. The lowest BCUT2D eigenvalue weighted by Crippen LogP contribution is -2.18. The Labute approximate surface area is 118 Å². The number of aryl methyl sites for hydroxylation is 1. The molecule has 0 atom stereocenters. The minimum Gasteiger partial charge on any atom is -0.399 e. The van der Waals surface area contributed by atoms with Gasteiger partial charge in [-0.15, -0.1) is 0 Å². The molecule has 0 aliphatic carbocycles. The first-order chi connectivity index (χ1) is 9.10. The molecular formula is C14H17ClN4. The molecule has 0 unspecified atom stereocenters. The van der Waals surface area contributed by atoms with Crippen LogP contribution in [0.3, 0.4) is 0 Å². The van der Waals surface area contributed by atoms with Gasteiger partial charge in [-0.3, -0.25) is 0 Å². The van der Waals surface area contributed by atoms with Crippen LogP contribution in [0.15, 0.2) is 30.6 Å². The number of nitrogens with zero attached hydrogens (tertiary/aromatic N) is 3. The quantitative estimate of drug-likeness (QED) is 0.873. The normalized spacial score (nSPS) is 10.5. The van der Waals surface area contributed by atoms with E-state index in [9.17, 15) is 0 Å². The highest BCUT2D eigenvalue weighted by atomic mass is 35.5.